The number of carbonyl (C=O) groups excluding carboxylic acids is 2. The fourth-order valence-corrected chi connectivity index (χ4v) is 3.11. The van der Waals surface area contributed by atoms with E-state index in [-0.39, 0.29) is 19.0 Å². The van der Waals surface area contributed by atoms with E-state index >= 15 is 0 Å². The molecule has 1 heterocycles. The van der Waals surface area contributed by atoms with E-state index in [1.165, 1.54) is 0 Å². The highest BCUT2D eigenvalue weighted by Gasteiger charge is 2.44. The van der Waals surface area contributed by atoms with Crippen LogP contribution in [0.5, 0.6) is 0 Å². The molecule has 28 heavy (non-hydrogen) atoms. The van der Waals surface area contributed by atoms with Gasteiger partial charge in [0.15, 0.2) is 6.10 Å². The van der Waals surface area contributed by atoms with Crippen LogP contribution in [0.3, 0.4) is 0 Å². The second-order valence-corrected chi connectivity index (χ2v) is 7.72. The van der Waals surface area contributed by atoms with Crippen LogP contribution in [-0.2, 0) is 9.59 Å². The molecule has 11 heteroatoms. The minimum Gasteiger partial charge on any atom is -0.381 e. The minimum absolute atomic E-state index is 0.0231. The fraction of sp³-hybridized carbons (Fsp3) is 0.882. The molecule has 1 aliphatic carbocycles. The minimum atomic E-state index is -4.44. The predicted molar refractivity (Wildman–Crippen MR) is 89.5 cm³/mol. The molecule has 0 spiro atoms. The average Bonchev–Trinajstić information content (AvgIpc) is 3.40. The molecule has 4 atom stereocenters. The van der Waals surface area contributed by atoms with Gasteiger partial charge in [0.05, 0.1) is 18.0 Å². The van der Waals surface area contributed by atoms with Gasteiger partial charge in [-0.3, -0.25) is 9.59 Å². The van der Waals surface area contributed by atoms with Crippen LogP contribution in [0.15, 0.2) is 0 Å². The zero-order valence-electron chi connectivity index (χ0n) is 15.5. The quantitative estimate of drug-likeness (QED) is 0.452. The van der Waals surface area contributed by atoms with Gasteiger partial charge in [-0.05, 0) is 45.6 Å². The number of alkyl halides is 5. The van der Waals surface area contributed by atoms with E-state index in [4.69, 9.17) is 0 Å². The van der Waals surface area contributed by atoms with Gasteiger partial charge < -0.3 is 21.1 Å². The first kappa shape index (κ1) is 22.8. The van der Waals surface area contributed by atoms with Gasteiger partial charge in [-0.1, -0.05) is 0 Å². The molecular formula is C17H26F5N3O3. The Hall–Kier alpha value is -1.49. The molecule has 1 aliphatic heterocycles. The number of rotatable bonds is 8. The summed E-state index contributed by atoms with van der Waals surface area (Å²) in [5.74, 6) is -6.38. The lowest BCUT2D eigenvalue weighted by molar-refractivity contribution is -0.183. The summed E-state index contributed by atoms with van der Waals surface area (Å²) in [6, 6.07) is -2.59. The van der Waals surface area contributed by atoms with E-state index in [1.807, 2.05) is 0 Å². The molecule has 0 unspecified atom stereocenters. The molecule has 1 saturated carbocycles. The number of aliphatic hydroxyl groups is 1. The Kier molecular flexibility index (Phi) is 7.24. The van der Waals surface area contributed by atoms with Crippen LogP contribution in [-0.4, -0.2) is 59.8 Å². The van der Waals surface area contributed by atoms with E-state index < -0.39 is 67.3 Å². The summed E-state index contributed by atoms with van der Waals surface area (Å²) in [5.41, 5.74) is 0. The molecule has 0 aromatic rings. The van der Waals surface area contributed by atoms with Crippen molar-refractivity contribution in [1.82, 2.24) is 16.0 Å². The second kappa shape index (κ2) is 8.89. The number of hydrogen-bond donors (Lipinski definition) is 4. The molecule has 6 nitrogen and oxygen atoms in total. The van der Waals surface area contributed by atoms with Crippen LogP contribution in [0.25, 0.3) is 0 Å². The smallest absolute Gasteiger partial charge is 0.381 e. The van der Waals surface area contributed by atoms with Gasteiger partial charge in [0.25, 0.3) is 5.91 Å². The maximum atomic E-state index is 13.2. The summed E-state index contributed by atoms with van der Waals surface area (Å²) in [6.07, 6.45) is -6.47. The topological polar surface area (TPSA) is 90.5 Å². The number of amides is 2. The van der Waals surface area contributed by atoms with Crippen LogP contribution >= 0.6 is 0 Å². The summed E-state index contributed by atoms with van der Waals surface area (Å²) < 4.78 is 65.2. The summed E-state index contributed by atoms with van der Waals surface area (Å²) >= 11 is 0. The van der Waals surface area contributed by atoms with Crippen molar-refractivity contribution in [1.29, 1.82) is 0 Å². The molecular weight excluding hydrogens is 389 g/mol. The highest BCUT2D eigenvalue weighted by Crippen LogP contribution is 2.34. The zero-order chi connectivity index (χ0) is 21.1. The number of hydrogen-bond acceptors (Lipinski definition) is 4. The highest BCUT2D eigenvalue weighted by atomic mass is 19.4. The molecule has 0 aromatic carbocycles. The van der Waals surface area contributed by atoms with Crippen molar-refractivity contribution in [2.45, 2.75) is 81.8 Å². The van der Waals surface area contributed by atoms with E-state index in [2.05, 4.69) is 16.0 Å². The first-order chi connectivity index (χ1) is 12.9. The average molecular weight is 415 g/mol. The SMILES string of the molecule is CC(F)(F)CC[C@H](NC(=O)[C@@H]1C[C@H](C(F)(F)F)CCN1)[C@H](O)C(=O)NC1CC1. The van der Waals surface area contributed by atoms with E-state index in [0.29, 0.717) is 6.92 Å². The standard InChI is InChI=1S/C17H26F5N3O3/c1-16(18,19)6-4-11(13(26)15(28)24-10-2-3-10)25-14(27)12-8-9(5-7-23-12)17(20,21)22/h9-13,23,26H,2-8H2,1H3,(H,24,28)(H,25,27)/t9-,11+,12+,13+/m1/s1. The fourth-order valence-electron chi connectivity index (χ4n) is 3.11. The van der Waals surface area contributed by atoms with Crippen LogP contribution in [0.2, 0.25) is 0 Å². The van der Waals surface area contributed by atoms with Gasteiger partial charge in [-0.2, -0.15) is 13.2 Å². The van der Waals surface area contributed by atoms with Gasteiger partial charge in [0, 0.05) is 12.5 Å². The lowest BCUT2D eigenvalue weighted by Crippen LogP contribution is -2.57. The molecule has 162 valence electrons. The Morgan fingerprint density at radius 3 is 2.36 bits per heavy atom. The van der Waals surface area contributed by atoms with Gasteiger partial charge in [-0.15, -0.1) is 0 Å². The number of carbonyl (C=O) groups is 2. The Morgan fingerprint density at radius 1 is 1.18 bits per heavy atom. The van der Waals surface area contributed by atoms with Crippen molar-refractivity contribution in [2.75, 3.05) is 6.54 Å². The van der Waals surface area contributed by atoms with Crippen molar-refractivity contribution in [3.63, 3.8) is 0 Å². The molecule has 1 saturated heterocycles. The molecule has 2 rings (SSSR count). The molecule has 4 N–H and O–H groups in total. The van der Waals surface area contributed by atoms with Crippen LogP contribution < -0.4 is 16.0 Å². The maximum Gasteiger partial charge on any atom is 0.391 e. The van der Waals surface area contributed by atoms with E-state index in [1.54, 1.807) is 0 Å². The third kappa shape index (κ3) is 7.16. The molecule has 0 radical (unpaired) electrons. The van der Waals surface area contributed by atoms with Crippen molar-refractivity contribution in [2.24, 2.45) is 5.92 Å². The third-order valence-electron chi connectivity index (χ3n) is 4.98. The molecule has 2 amide bonds. The third-order valence-corrected chi connectivity index (χ3v) is 4.98. The molecule has 2 aliphatic rings. The first-order valence-electron chi connectivity index (χ1n) is 9.33. The maximum absolute atomic E-state index is 13.2. The van der Waals surface area contributed by atoms with Crippen molar-refractivity contribution >= 4 is 11.8 Å². The number of halogens is 5. The lowest BCUT2D eigenvalue weighted by atomic mass is 9.91. The second-order valence-electron chi connectivity index (χ2n) is 7.72. The Balaban J connectivity index is 2.00. The van der Waals surface area contributed by atoms with Crippen molar-refractivity contribution < 1.29 is 36.6 Å². The number of nitrogens with one attached hydrogen (secondary N) is 3. The number of piperidine rings is 1. The van der Waals surface area contributed by atoms with Crippen LogP contribution in [0.4, 0.5) is 22.0 Å². The van der Waals surface area contributed by atoms with Gasteiger partial charge in [-0.25, -0.2) is 8.78 Å². The van der Waals surface area contributed by atoms with Crippen molar-refractivity contribution in [3.8, 4) is 0 Å². The van der Waals surface area contributed by atoms with Gasteiger partial charge >= 0.3 is 6.18 Å². The Labute approximate surface area is 159 Å². The van der Waals surface area contributed by atoms with Crippen molar-refractivity contribution in [3.05, 3.63) is 0 Å². The van der Waals surface area contributed by atoms with Crippen LogP contribution in [0.1, 0.15) is 45.4 Å². The summed E-state index contributed by atoms with van der Waals surface area (Å²) in [4.78, 5) is 24.4. The number of aliphatic hydroxyl groups excluding tert-OH is 1. The van der Waals surface area contributed by atoms with E-state index in [9.17, 15) is 36.6 Å². The molecule has 0 bridgehead atoms. The Bertz CT molecular complexity index is 563. The largest absolute Gasteiger partial charge is 0.391 e. The van der Waals surface area contributed by atoms with E-state index in [0.717, 1.165) is 12.8 Å². The summed E-state index contributed by atoms with van der Waals surface area (Å²) in [7, 11) is 0. The normalized spacial score (nSPS) is 25.7. The summed E-state index contributed by atoms with van der Waals surface area (Å²) in [6.45, 7) is 0.643. The Morgan fingerprint density at radius 2 is 1.82 bits per heavy atom. The monoisotopic (exact) mass is 415 g/mol. The highest BCUT2D eigenvalue weighted by molar-refractivity contribution is 5.85. The molecule has 0 aromatic heterocycles. The van der Waals surface area contributed by atoms with Gasteiger partial charge in [0.2, 0.25) is 11.8 Å². The first-order valence-corrected chi connectivity index (χ1v) is 9.33. The van der Waals surface area contributed by atoms with Crippen LogP contribution in [0, 0.1) is 5.92 Å². The lowest BCUT2D eigenvalue weighted by Gasteiger charge is -2.32. The predicted octanol–water partition coefficient (Wildman–Crippen LogP) is 1.48. The molecule has 2 fully saturated rings. The summed E-state index contributed by atoms with van der Waals surface area (Å²) in [5, 5.41) is 17.7. The van der Waals surface area contributed by atoms with Gasteiger partial charge in [0.1, 0.15) is 0 Å². The zero-order valence-corrected chi connectivity index (χ0v) is 15.5.